The number of ether oxygens (including phenoxy) is 1. The molecule has 0 bridgehead atoms. The number of nitro benzene ring substituents is 1. The largest absolute Gasteiger partial charge is 0.447 e. The van der Waals surface area contributed by atoms with Crippen LogP contribution in [0.5, 0.6) is 11.5 Å². The fourth-order valence-corrected chi connectivity index (χ4v) is 1.69. The summed E-state index contributed by atoms with van der Waals surface area (Å²) in [5.41, 5.74) is 0.157. The zero-order chi connectivity index (χ0) is 15.6. The fourth-order valence-electron chi connectivity index (χ4n) is 1.69. The Morgan fingerprint density at radius 2 is 1.95 bits per heavy atom. The second kappa shape index (κ2) is 5.54. The van der Waals surface area contributed by atoms with Crippen LogP contribution in [0.3, 0.4) is 0 Å². The molecule has 2 aromatic carbocycles. The van der Waals surface area contributed by atoms with Crippen molar-refractivity contribution in [2.24, 2.45) is 0 Å². The summed E-state index contributed by atoms with van der Waals surface area (Å²) in [6, 6.07) is 6.74. The van der Waals surface area contributed by atoms with Crippen molar-refractivity contribution in [1.29, 1.82) is 5.26 Å². The number of aryl methyl sites for hydroxylation is 1. The summed E-state index contributed by atoms with van der Waals surface area (Å²) >= 11 is 0. The van der Waals surface area contributed by atoms with Crippen molar-refractivity contribution in [2.45, 2.75) is 6.92 Å². The van der Waals surface area contributed by atoms with Crippen molar-refractivity contribution in [1.82, 2.24) is 0 Å². The summed E-state index contributed by atoms with van der Waals surface area (Å²) in [6.07, 6.45) is 0. The second-order valence-corrected chi connectivity index (χ2v) is 4.18. The SMILES string of the molecule is Cc1cc([N+](=O)[O-])c(Oc2ccc(F)cc2F)cc1C#N. The van der Waals surface area contributed by atoms with Crippen LogP contribution in [-0.4, -0.2) is 4.92 Å². The minimum absolute atomic E-state index is 0.165. The molecule has 0 aromatic heterocycles. The Morgan fingerprint density at radius 1 is 1.24 bits per heavy atom. The predicted molar refractivity (Wildman–Crippen MR) is 69.0 cm³/mol. The van der Waals surface area contributed by atoms with Gasteiger partial charge >= 0.3 is 5.69 Å². The lowest BCUT2D eigenvalue weighted by molar-refractivity contribution is -0.385. The maximum Gasteiger partial charge on any atom is 0.311 e. The van der Waals surface area contributed by atoms with Crippen LogP contribution in [-0.2, 0) is 0 Å². The number of nitrogens with zero attached hydrogens (tertiary/aromatic N) is 2. The van der Waals surface area contributed by atoms with Gasteiger partial charge in [0.2, 0.25) is 5.75 Å². The molecule has 0 atom stereocenters. The standard InChI is InChI=1S/C14H8F2N2O3/c1-8-4-12(18(19)20)14(5-9(8)7-17)21-13-3-2-10(15)6-11(13)16/h2-6H,1H3. The van der Waals surface area contributed by atoms with E-state index < -0.39 is 22.2 Å². The van der Waals surface area contributed by atoms with Gasteiger partial charge in [-0.3, -0.25) is 10.1 Å². The molecule has 0 aliphatic carbocycles. The van der Waals surface area contributed by atoms with Crippen molar-refractivity contribution >= 4 is 5.69 Å². The highest BCUT2D eigenvalue weighted by molar-refractivity contribution is 5.56. The van der Waals surface area contributed by atoms with Crippen molar-refractivity contribution in [3.8, 4) is 17.6 Å². The zero-order valence-corrected chi connectivity index (χ0v) is 10.8. The van der Waals surface area contributed by atoms with Crippen molar-refractivity contribution in [3.63, 3.8) is 0 Å². The highest BCUT2D eigenvalue weighted by Gasteiger charge is 2.20. The molecular weight excluding hydrogens is 282 g/mol. The van der Waals surface area contributed by atoms with Crippen LogP contribution in [0, 0.1) is 40.0 Å². The number of halogens is 2. The average molecular weight is 290 g/mol. The fraction of sp³-hybridized carbons (Fsp3) is 0.0714. The topological polar surface area (TPSA) is 76.2 Å². The smallest absolute Gasteiger partial charge is 0.311 e. The van der Waals surface area contributed by atoms with E-state index in [2.05, 4.69) is 0 Å². The van der Waals surface area contributed by atoms with Gasteiger partial charge in [-0.15, -0.1) is 0 Å². The summed E-state index contributed by atoms with van der Waals surface area (Å²) in [5, 5.41) is 19.9. The van der Waals surface area contributed by atoms with E-state index in [1.807, 2.05) is 6.07 Å². The van der Waals surface area contributed by atoms with E-state index in [1.165, 1.54) is 6.92 Å². The van der Waals surface area contributed by atoms with Gasteiger partial charge in [-0.2, -0.15) is 5.26 Å². The molecule has 106 valence electrons. The Hall–Kier alpha value is -3.01. The van der Waals surface area contributed by atoms with E-state index >= 15 is 0 Å². The molecule has 0 saturated heterocycles. The first-order chi connectivity index (χ1) is 9.92. The lowest BCUT2D eigenvalue weighted by Crippen LogP contribution is -1.97. The van der Waals surface area contributed by atoms with Crippen LogP contribution in [0.1, 0.15) is 11.1 Å². The summed E-state index contributed by atoms with van der Waals surface area (Å²) < 4.78 is 31.5. The number of nitro groups is 1. The van der Waals surface area contributed by atoms with Crippen LogP contribution in [0.4, 0.5) is 14.5 Å². The summed E-state index contributed by atoms with van der Waals surface area (Å²) in [6.45, 7) is 1.54. The molecule has 5 nitrogen and oxygen atoms in total. The van der Waals surface area contributed by atoms with Gasteiger partial charge in [-0.05, 0) is 24.6 Å². The van der Waals surface area contributed by atoms with Gasteiger partial charge in [0.15, 0.2) is 11.6 Å². The average Bonchev–Trinajstić information content (AvgIpc) is 2.42. The third-order valence-electron chi connectivity index (χ3n) is 2.74. The van der Waals surface area contributed by atoms with Crippen LogP contribution in [0.2, 0.25) is 0 Å². The first kappa shape index (κ1) is 14.4. The first-order valence-electron chi connectivity index (χ1n) is 5.74. The third-order valence-corrected chi connectivity index (χ3v) is 2.74. The monoisotopic (exact) mass is 290 g/mol. The van der Waals surface area contributed by atoms with Crippen molar-refractivity contribution < 1.29 is 18.4 Å². The van der Waals surface area contributed by atoms with Crippen molar-refractivity contribution in [2.75, 3.05) is 0 Å². The first-order valence-corrected chi connectivity index (χ1v) is 5.74. The van der Waals surface area contributed by atoms with Crippen LogP contribution < -0.4 is 4.74 Å². The third kappa shape index (κ3) is 2.95. The van der Waals surface area contributed by atoms with E-state index in [0.717, 1.165) is 24.3 Å². The molecule has 0 fully saturated rings. The molecule has 2 aromatic rings. The molecule has 21 heavy (non-hydrogen) atoms. The Kier molecular flexibility index (Phi) is 3.80. The van der Waals surface area contributed by atoms with E-state index in [0.29, 0.717) is 11.6 Å². The zero-order valence-electron chi connectivity index (χ0n) is 10.8. The molecule has 0 saturated carbocycles. The molecule has 0 N–H and O–H groups in total. The molecule has 0 aliphatic rings. The molecular formula is C14H8F2N2O3. The van der Waals surface area contributed by atoms with Gasteiger partial charge < -0.3 is 4.74 Å². The minimum Gasteiger partial charge on any atom is -0.447 e. The minimum atomic E-state index is -0.997. The molecule has 0 spiro atoms. The van der Waals surface area contributed by atoms with Gasteiger partial charge in [0.25, 0.3) is 0 Å². The molecule has 0 amide bonds. The van der Waals surface area contributed by atoms with E-state index in [-0.39, 0.29) is 17.1 Å². The Morgan fingerprint density at radius 3 is 2.52 bits per heavy atom. The van der Waals surface area contributed by atoms with Gasteiger partial charge in [0.1, 0.15) is 5.82 Å². The summed E-state index contributed by atoms with van der Waals surface area (Å²) in [5.74, 6) is -2.45. The Labute approximate surface area is 118 Å². The predicted octanol–water partition coefficient (Wildman–Crippen LogP) is 3.85. The van der Waals surface area contributed by atoms with Crippen LogP contribution >= 0.6 is 0 Å². The van der Waals surface area contributed by atoms with Gasteiger partial charge in [0.05, 0.1) is 16.6 Å². The molecule has 0 aliphatic heterocycles. The lowest BCUT2D eigenvalue weighted by atomic mass is 10.1. The van der Waals surface area contributed by atoms with Crippen LogP contribution in [0.25, 0.3) is 0 Å². The Balaban J connectivity index is 2.52. The normalized spacial score (nSPS) is 10.0. The van der Waals surface area contributed by atoms with Crippen LogP contribution in [0.15, 0.2) is 30.3 Å². The van der Waals surface area contributed by atoms with Gasteiger partial charge in [-0.25, -0.2) is 8.78 Å². The molecule has 2 rings (SSSR count). The summed E-state index contributed by atoms with van der Waals surface area (Å²) in [7, 11) is 0. The molecule has 0 heterocycles. The number of nitriles is 1. The lowest BCUT2D eigenvalue weighted by Gasteiger charge is -2.08. The number of benzene rings is 2. The van der Waals surface area contributed by atoms with Gasteiger partial charge in [0, 0.05) is 18.2 Å². The van der Waals surface area contributed by atoms with Gasteiger partial charge in [-0.1, -0.05) is 0 Å². The Bertz CT molecular complexity index is 770. The highest BCUT2D eigenvalue weighted by atomic mass is 19.1. The number of rotatable bonds is 3. The molecule has 7 heteroatoms. The summed E-state index contributed by atoms with van der Waals surface area (Å²) in [4.78, 5) is 10.3. The highest BCUT2D eigenvalue weighted by Crippen LogP contribution is 2.34. The quantitative estimate of drug-likeness (QED) is 0.635. The number of hydrogen-bond donors (Lipinski definition) is 0. The number of hydrogen-bond acceptors (Lipinski definition) is 4. The van der Waals surface area contributed by atoms with E-state index in [4.69, 9.17) is 10.00 Å². The molecule has 0 radical (unpaired) electrons. The van der Waals surface area contributed by atoms with Crippen molar-refractivity contribution in [3.05, 3.63) is 63.2 Å². The maximum absolute atomic E-state index is 13.5. The maximum atomic E-state index is 13.5. The van der Waals surface area contributed by atoms with E-state index in [1.54, 1.807) is 0 Å². The second-order valence-electron chi connectivity index (χ2n) is 4.18. The van der Waals surface area contributed by atoms with E-state index in [9.17, 15) is 18.9 Å². The molecule has 0 unspecified atom stereocenters.